The minimum atomic E-state index is -1.48. The van der Waals surface area contributed by atoms with Crippen molar-refractivity contribution in [3.8, 4) is 5.75 Å². The Bertz CT molecular complexity index is 382. The van der Waals surface area contributed by atoms with E-state index in [1.807, 2.05) is 0 Å². The zero-order chi connectivity index (χ0) is 10.7. The average Bonchev–Trinajstić information content (AvgIpc) is 2.16. The molecule has 4 heteroatoms. The van der Waals surface area contributed by atoms with E-state index in [0.29, 0.717) is 5.75 Å². The van der Waals surface area contributed by atoms with E-state index in [-0.39, 0.29) is 5.56 Å². The van der Waals surface area contributed by atoms with Crippen molar-refractivity contribution in [3.63, 3.8) is 0 Å². The number of hydrogen-bond acceptors (Lipinski definition) is 3. The van der Waals surface area contributed by atoms with E-state index in [9.17, 15) is 9.59 Å². The maximum Gasteiger partial charge on any atom is 0.377 e. The summed E-state index contributed by atoms with van der Waals surface area (Å²) in [5, 5.41) is 8.54. The van der Waals surface area contributed by atoms with Crippen LogP contribution in [0.4, 0.5) is 0 Å². The number of carbonyl (C=O) groups excluding carboxylic acids is 1. The molecule has 1 aromatic carbocycles. The van der Waals surface area contributed by atoms with Gasteiger partial charge in [-0.2, -0.15) is 0 Å². The van der Waals surface area contributed by atoms with Crippen molar-refractivity contribution in [1.29, 1.82) is 0 Å². The minimum Gasteiger partial charge on any atom is -0.496 e. The first-order valence-electron chi connectivity index (χ1n) is 3.99. The van der Waals surface area contributed by atoms with Gasteiger partial charge in [0.05, 0.1) is 12.7 Å². The Morgan fingerprint density at radius 3 is 2.50 bits per heavy atom. The van der Waals surface area contributed by atoms with Crippen molar-refractivity contribution in [2.45, 2.75) is 6.92 Å². The lowest BCUT2D eigenvalue weighted by molar-refractivity contribution is -0.131. The van der Waals surface area contributed by atoms with Gasteiger partial charge >= 0.3 is 5.97 Å². The molecule has 0 amide bonds. The third-order valence-corrected chi connectivity index (χ3v) is 1.85. The standard InChI is InChI=1S/C10H10O4/c1-6-4-3-5-7(9(6)14-2)8(11)10(12)13/h3-5H,1-2H3,(H,12,13). The van der Waals surface area contributed by atoms with Crippen LogP contribution >= 0.6 is 0 Å². The summed E-state index contributed by atoms with van der Waals surface area (Å²) in [6.07, 6.45) is 0. The average molecular weight is 194 g/mol. The smallest absolute Gasteiger partial charge is 0.377 e. The van der Waals surface area contributed by atoms with E-state index >= 15 is 0 Å². The number of aliphatic carboxylic acids is 1. The molecule has 0 radical (unpaired) electrons. The van der Waals surface area contributed by atoms with Gasteiger partial charge in [0.15, 0.2) is 0 Å². The number of ketones is 1. The number of carboxylic acids is 1. The molecule has 74 valence electrons. The van der Waals surface area contributed by atoms with Gasteiger partial charge in [0.2, 0.25) is 0 Å². The normalized spacial score (nSPS) is 9.57. The molecule has 0 aromatic heterocycles. The summed E-state index contributed by atoms with van der Waals surface area (Å²) in [6.45, 7) is 1.75. The number of ether oxygens (including phenoxy) is 1. The van der Waals surface area contributed by atoms with Crippen LogP contribution < -0.4 is 4.74 Å². The van der Waals surface area contributed by atoms with Crippen LogP contribution in [0.1, 0.15) is 15.9 Å². The maximum absolute atomic E-state index is 11.2. The van der Waals surface area contributed by atoms with Crippen LogP contribution in [0.15, 0.2) is 18.2 Å². The summed E-state index contributed by atoms with van der Waals surface area (Å²) in [5.41, 5.74) is 0.819. The number of carbonyl (C=O) groups is 2. The molecule has 0 atom stereocenters. The highest BCUT2D eigenvalue weighted by Gasteiger charge is 2.19. The fourth-order valence-electron chi connectivity index (χ4n) is 1.22. The molecule has 0 fully saturated rings. The third kappa shape index (κ3) is 1.74. The van der Waals surface area contributed by atoms with Gasteiger partial charge in [-0.1, -0.05) is 12.1 Å². The Morgan fingerprint density at radius 2 is 2.00 bits per heavy atom. The first-order chi connectivity index (χ1) is 6.57. The summed E-state index contributed by atoms with van der Waals surface area (Å²) in [6, 6.07) is 4.80. The van der Waals surface area contributed by atoms with E-state index < -0.39 is 11.8 Å². The molecule has 0 spiro atoms. The van der Waals surface area contributed by atoms with Gasteiger partial charge in [-0.25, -0.2) is 4.79 Å². The largest absolute Gasteiger partial charge is 0.496 e. The lowest BCUT2D eigenvalue weighted by Gasteiger charge is -2.07. The molecule has 1 aromatic rings. The molecule has 0 aliphatic rings. The predicted molar refractivity (Wildman–Crippen MR) is 49.7 cm³/mol. The summed E-state index contributed by atoms with van der Waals surface area (Å²) in [5.74, 6) is -2.11. The number of rotatable bonds is 3. The topological polar surface area (TPSA) is 63.6 Å². The van der Waals surface area contributed by atoms with Crippen LogP contribution in [0.5, 0.6) is 5.75 Å². The zero-order valence-corrected chi connectivity index (χ0v) is 7.90. The second kappa shape index (κ2) is 3.91. The van der Waals surface area contributed by atoms with Gasteiger partial charge < -0.3 is 9.84 Å². The lowest BCUT2D eigenvalue weighted by Crippen LogP contribution is -2.14. The molecule has 0 aliphatic heterocycles. The van der Waals surface area contributed by atoms with Crippen molar-refractivity contribution in [2.75, 3.05) is 7.11 Å². The van der Waals surface area contributed by atoms with E-state index in [4.69, 9.17) is 9.84 Å². The van der Waals surface area contributed by atoms with Gasteiger partial charge in [0, 0.05) is 0 Å². The first kappa shape index (κ1) is 10.2. The second-order valence-corrected chi connectivity index (χ2v) is 2.79. The maximum atomic E-state index is 11.2. The third-order valence-electron chi connectivity index (χ3n) is 1.85. The molecule has 14 heavy (non-hydrogen) atoms. The minimum absolute atomic E-state index is 0.0833. The van der Waals surface area contributed by atoms with Crippen molar-refractivity contribution in [1.82, 2.24) is 0 Å². The Kier molecular flexibility index (Phi) is 2.86. The molecule has 0 saturated carbocycles. The second-order valence-electron chi connectivity index (χ2n) is 2.79. The number of methoxy groups -OCH3 is 1. The quantitative estimate of drug-likeness (QED) is 0.581. The highest BCUT2D eigenvalue weighted by Crippen LogP contribution is 2.23. The highest BCUT2D eigenvalue weighted by atomic mass is 16.5. The summed E-state index contributed by atoms with van der Waals surface area (Å²) >= 11 is 0. The summed E-state index contributed by atoms with van der Waals surface area (Å²) in [7, 11) is 1.40. The van der Waals surface area contributed by atoms with Crippen molar-refractivity contribution < 1.29 is 19.4 Å². The number of para-hydroxylation sites is 1. The van der Waals surface area contributed by atoms with Crippen LogP contribution in [0.25, 0.3) is 0 Å². The fourth-order valence-corrected chi connectivity index (χ4v) is 1.22. The van der Waals surface area contributed by atoms with Gasteiger partial charge in [0.25, 0.3) is 5.78 Å². The first-order valence-corrected chi connectivity index (χ1v) is 3.99. The van der Waals surface area contributed by atoms with Crippen LogP contribution in [-0.2, 0) is 4.79 Å². The molecule has 4 nitrogen and oxygen atoms in total. The van der Waals surface area contributed by atoms with Gasteiger partial charge in [0.1, 0.15) is 5.75 Å². The number of aryl methyl sites for hydroxylation is 1. The molecule has 1 rings (SSSR count). The molecule has 0 unspecified atom stereocenters. The SMILES string of the molecule is COc1c(C)cccc1C(=O)C(=O)O. The molecule has 0 aliphatic carbocycles. The Labute approximate surface area is 81.1 Å². The van der Waals surface area contributed by atoms with Crippen LogP contribution in [0.3, 0.4) is 0 Å². The van der Waals surface area contributed by atoms with Gasteiger partial charge in [-0.3, -0.25) is 4.79 Å². The zero-order valence-electron chi connectivity index (χ0n) is 7.90. The summed E-state index contributed by atoms with van der Waals surface area (Å²) in [4.78, 5) is 21.7. The summed E-state index contributed by atoms with van der Waals surface area (Å²) < 4.78 is 4.96. The number of Topliss-reactive ketones (excluding diaryl/α,β-unsaturated/α-hetero) is 1. The number of hydrogen-bond donors (Lipinski definition) is 1. The highest BCUT2D eigenvalue weighted by molar-refractivity contribution is 6.40. The molecule has 0 saturated heterocycles. The van der Waals surface area contributed by atoms with E-state index in [1.54, 1.807) is 19.1 Å². The number of carboxylic acid groups (broad SMARTS) is 1. The Morgan fingerprint density at radius 1 is 1.36 bits per heavy atom. The lowest BCUT2D eigenvalue weighted by atomic mass is 10.1. The molecule has 0 heterocycles. The van der Waals surface area contributed by atoms with Crippen LogP contribution in [-0.4, -0.2) is 24.0 Å². The van der Waals surface area contributed by atoms with Crippen LogP contribution in [0, 0.1) is 6.92 Å². The molecular weight excluding hydrogens is 184 g/mol. The predicted octanol–water partition coefficient (Wildman–Crippen LogP) is 1.27. The van der Waals surface area contributed by atoms with E-state index in [1.165, 1.54) is 13.2 Å². The molecule has 1 N–H and O–H groups in total. The van der Waals surface area contributed by atoms with Gasteiger partial charge in [-0.05, 0) is 18.6 Å². The van der Waals surface area contributed by atoms with E-state index in [2.05, 4.69) is 0 Å². The van der Waals surface area contributed by atoms with Crippen LogP contribution in [0.2, 0.25) is 0 Å². The van der Waals surface area contributed by atoms with Crippen molar-refractivity contribution in [3.05, 3.63) is 29.3 Å². The van der Waals surface area contributed by atoms with Crippen molar-refractivity contribution in [2.24, 2.45) is 0 Å². The van der Waals surface area contributed by atoms with E-state index in [0.717, 1.165) is 5.56 Å². The fraction of sp³-hybridized carbons (Fsp3) is 0.200. The molecule has 0 bridgehead atoms. The number of benzene rings is 1. The monoisotopic (exact) mass is 194 g/mol. The Hall–Kier alpha value is -1.84. The Balaban J connectivity index is 3.27. The van der Waals surface area contributed by atoms with Gasteiger partial charge in [-0.15, -0.1) is 0 Å². The van der Waals surface area contributed by atoms with Crippen molar-refractivity contribution >= 4 is 11.8 Å². The molecular formula is C10H10O4.